The van der Waals surface area contributed by atoms with E-state index < -0.39 is 0 Å². The molecular formula is C17H18BrNO. The smallest absolute Gasteiger partial charge is 0.165 e. The number of hydrogen-bond acceptors (Lipinski definition) is 1. The lowest BCUT2D eigenvalue weighted by atomic mass is 9.84. The number of rotatable bonds is 3. The van der Waals surface area contributed by atoms with Gasteiger partial charge in [0, 0.05) is 33.6 Å². The fourth-order valence-corrected chi connectivity index (χ4v) is 4.91. The van der Waals surface area contributed by atoms with Crippen LogP contribution in [-0.4, -0.2) is 10.8 Å². The van der Waals surface area contributed by atoms with Gasteiger partial charge < -0.3 is 4.98 Å². The molecule has 4 rings (SSSR count). The lowest BCUT2D eigenvalue weighted by Crippen LogP contribution is -2.15. The van der Waals surface area contributed by atoms with Crippen molar-refractivity contribution in [2.45, 2.75) is 32.1 Å². The largest absolute Gasteiger partial charge is 0.360 e. The number of benzene rings is 1. The highest BCUT2D eigenvalue weighted by Gasteiger charge is 2.40. The Labute approximate surface area is 127 Å². The molecule has 2 aromatic rings. The second-order valence-corrected chi connectivity index (χ2v) is 7.28. The number of aromatic amines is 1. The average Bonchev–Trinajstić information content (AvgIpc) is 3.12. The van der Waals surface area contributed by atoms with Gasteiger partial charge in [-0.15, -0.1) is 0 Å². The molecule has 3 heteroatoms. The van der Waals surface area contributed by atoms with Crippen LogP contribution in [0, 0.1) is 17.8 Å². The van der Waals surface area contributed by atoms with Crippen molar-refractivity contribution in [1.82, 2.24) is 4.98 Å². The molecule has 1 aromatic heterocycles. The Hall–Kier alpha value is -1.09. The summed E-state index contributed by atoms with van der Waals surface area (Å²) in [6.07, 6.45) is 8.00. The molecule has 104 valence electrons. The van der Waals surface area contributed by atoms with Crippen LogP contribution in [0.15, 0.2) is 28.9 Å². The highest BCUT2D eigenvalue weighted by molar-refractivity contribution is 9.10. The lowest BCUT2D eigenvalue weighted by Gasteiger charge is -2.20. The van der Waals surface area contributed by atoms with Crippen molar-refractivity contribution in [2.75, 3.05) is 0 Å². The third kappa shape index (κ3) is 1.95. The van der Waals surface area contributed by atoms with Crippen molar-refractivity contribution in [1.29, 1.82) is 0 Å². The van der Waals surface area contributed by atoms with E-state index in [2.05, 4.69) is 20.9 Å². The number of fused-ring (bicyclic) bond motifs is 3. The lowest BCUT2D eigenvalue weighted by molar-refractivity contribution is 0.0946. The predicted molar refractivity (Wildman–Crippen MR) is 83.9 cm³/mol. The zero-order valence-electron chi connectivity index (χ0n) is 11.4. The maximum atomic E-state index is 12.7. The van der Waals surface area contributed by atoms with Gasteiger partial charge in [-0.3, -0.25) is 4.79 Å². The molecule has 2 aliphatic rings. The van der Waals surface area contributed by atoms with Crippen molar-refractivity contribution in [2.24, 2.45) is 17.8 Å². The Bertz CT molecular complexity index is 675. The fraction of sp³-hybridized carbons (Fsp3) is 0.471. The number of carbonyl (C=O) groups is 1. The Balaban J connectivity index is 1.61. The van der Waals surface area contributed by atoms with E-state index in [0.717, 1.165) is 39.2 Å². The van der Waals surface area contributed by atoms with Crippen LogP contribution >= 0.6 is 15.9 Å². The summed E-state index contributed by atoms with van der Waals surface area (Å²) >= 11 is 3.57. The van der Waals surface area contributed by atoms with Gasteiger partial charge >= 0.3 is 0 Å². The Kier molecular flexibility index (Phi) is 2.99. The van der Waals surface area contributed by atoms with Crippen LogP contribution in [0.25, 0.3) is 10.9 Å². The molecule has 1 N–H and O–H groups in total. The number of hydrogen-bond donors (Lipinski definition) is 1. The summed E-state index contributed by atoms with van der Waals surface area (Å²) in [4.78, 5) is 15.9. The van der Waals surface area contributed by atoms with E-state index in [0.29, 0.717) is 11.7 Å². The predicted octanol–water partition coefficient (Wildman–Crippen LogP) is 4.94. The molecule has 0 saturated heterocycles. The van der Waals surface area contributed by atoms with Crippen molar-refractivity contribution in [3.05, 3.63) is 34.4 Å². The topological polar surface area (TPSA) is 32.9 Å². The zero-order chi connectivity index (χ0) is 13.7. The minimum atomic E-state index is 0.306. The van der Waals surface area contributed by atoms with Gasteiger partial charge in [-0.05, 0) is 49.1 Å². The number of carbonyl (C=O) groups excluding carboxylic acids is 1. The molecule has 2 bridgehead atoms. The number of ketones is 1. The Morgan fingerprint density at radius 1 is 1.30 bits per heavy atom. The van der Waals surface area contributed by atoms with Crippen molar-refractivity contribution >= 4 is 32.6 Å². The van der Waals surface area contributed by atoms with E-state index in [1.54, 1.807) is 0 Å². The van der Waals surface area contributed by atoms with Crippen LogP contribution in [0.1, 0.15) is 42.5 Å². The number of nitrogens with one attached hydrogen (secondary N) is 1. The minimum Gasteiger partial charge on any atom is -0.360 e. The molecule has 3 atom stereocenters. The van der Waals surface area contributed by atoms with E-state index in [1.165, 1.54) is 25.7 Å². The van der Waals surface area contributed by atoms with Crippen LogP contribution in [0.2, 0.25) is 0 Å². The summed E-state index contributed by atoms with van der Waals surface area (Å²) in [5.41, 5.74) is 1.89. The van der Waals surface area contributed by atoms with Crippen LogP contribution in [0.5, 0.6) is 0 Å². The second kappa shape index (κ2) is 4.73. The minimum absolute atomic E-state index is 0.306. The maximum Gasteiger partial charge on any atom is 0.165 e. The van der Waals surface area contributed by atoms with E-state index in [-0.39, 0.29) is 0 Å². The molecule has 1 heterocycles. The summed E-state index contributed by atoms with van der Waals surface area (Å²) in [5.74, 6) is 2.67. The first-order valence-electron chi connectivity index (χ1n) is 7.51. The number of H-pyrrole nitrogens is 1. The van der Waals surface area contributed by atoms with Gasteiger partial charge in [-0.1, -0.05) is 28.4 Å². The number of aromatic nitrogens is 1. The second-order valence-electron chi connectivity index (χ2n) is 6.43. The molecule has 2 fully saturated rings. The van der Waals surface area contributed by atoms with E-state index in [1.807, 2.05) is 24.4 Å². The van der Waals surface area contributed by atoms with E-state index in [4.69, 9.17) is 0 Å². The SMILES string of the molecule is O=C(CC1CC2CCC1C2)c1c[nH]c2cccc(Br)c12. The standard InChI is InChI=1S/C17H18BrNO/c18-14-2-1-3-15-17(14)13(9-19-15)16(20)8-12-7-10-4-5-11(12)6-10/h1-3,9-12,19H,4-8H2. The van der Waals surface area contributed by atoms with Crippen LogP contribution in [0.3, 0.4) is 0 Å². The number of Topliss-reactive ketones (excluding diaryl/α,β-unsaturated/α-hetero) is 1. The molecular weight excluding hydrogens is 314 g/mol. The normalized spacial score (nSPS) is 28.4. The molecule has 0 spiro atoms. The zero-order valence-corrected chi connectivity index (χ0v) is 12.9. The first kappa shape index (κ1) is 12.6. The molecule has 2 saturated carbocycles. The Morgan fingerprint density at radius 2 is 2.20 bits per heavy atom. The van der Waals surface area contributed by atoms with Gasteiger partial charge in [0.2, 0.25) is 0 Å². The van der Waals surface area contributed by atoms with Gasteiger partial charge in [0.25, 0.3) is 0 Å². The quantitative estimate of drug-likeness (QED) is 0.794. The van der Waals surface area contributed by atoms with E-state index in [9.17, 15) is 4.79 Å². The maximum absolute atomic E-state index is 12.7. The summed E-state index contributed by atoms with van der Waals surface area (Å²) in [7, 11) is 0. The molecule has 1 aromatic carbocycles. The molecule has 0 aliphatic heterocycles. The van der Waals surface area contributed by atoms with Gasteiger partial charge in [-0.2, -0.15) is 0 Å². The van der Waals surface area contributed by atoms with Crippen LogP contribution in [-0.2, 0) is 0 Å². The monoisotopic (exact) mass is 331 g/mol. The molecule has 2 nitrogen and oxygen atoms in total. The molecule has 0 amide bonds. The highest BCUT2D eigenvalue weighted by Crippen LogP contribution is 2.50. The van der Waals surface area contributed by atoms with Gasteiger partial charge in [-0.25, -0.2) is 0 Å². The summed E-state index contributed by atoms with van der Waals surface area (Å²) in [6, 6.07) is 6.02. The molecule has 3 unspecified atom stereocenters. The van der Waals surface area contributed by atoms with Crippen molar-refractivity contribution in [3.8, 4) is 0 Å². The third-order valence-corrected chi connectivity index (χ3v) is 5.95. The Morgan fingerprint density at radius 3 is 2.95 bits per heavy atom. The van der Waals surface area contributed by atoms with Gasteiger partial charge in [0.05, 0.1) is 0 Å². The average molecular weight is 332 g/mol. The van der Waals surface area contributed by atoms with Crippen molar-refractivity contribution < 1.29 is 4.79 Å². The van der Waals surface area contributed by atoms with Crippen LogP contribution in [0.4, 0.5) is 0 Å². The van der Waals surface area contributed by atoms with Crippen LogP contribution < -0.4 is 0 Å². The highest BCUT2D eigenvalue weighted by atomic mass is 79.9. The van der Waals surface area contributed by atoms with Crippen molar-refractivity contribution in [3.63, 3.8) is 0 Å². The first-order chi connectivity index (χ1) is 9.72. The first-order valence-corrected chi connectivity index (χ1v) is 8.30. The summed E-state index contributed by atoms with van der Waals surface area (Å²) in [5, 5.41) is 1.04. The summed E-state index contributed by atoms with van der Waals surface area (Å²) < 4.78 is 1.01. The molecule has 20 heavy (non-hydrogen) atoms. The van der Waals surface area contributed by atoms with E-state index >= 15 is 0 Å². The van der Waals surface area contributed by atoms with Gasteiger partial charge in [0.15, 0.2) is 5.78 Å². The molecule has 2 aliphatic carbocycles. The fourth-order valence-electron chi connectivity index (χ4n) is 4.33. The molecule has 0 radical (unpaired) electrons. The third-order valence-electron chi connectivity index (χ3n) is 5.29. The number of halogens is 1. The van der Waals surface area contributed by atoms with Gasteiger partial charge in [0.1, 0.15) is 0 Å². The summed E-state index contributed by atoms with van der Waals surface area (Å²) in [6.45, 7) is 0.